The zero-order valence-electron chi connectivity index (χ0n) is 11.6. The predicted octanol–water partition coefficient (Wildman–Crippen LogP) is 0.223. The van der Waals surface area contributed by atoms with Crippen molar-refractivity contribution >= 4 is 11.6 Å². The van der Waals surface area contributed by atoms with E-state index in [4.69, 9.17) is 4.74 Å². The molecule has 0 aliphatic heterocycles. The summed E-state index contributed by atoms with van der Waals surface area (Å²) >= 11 is 0. The number of nitrogens with zero attached hydrogens (tertiary/aromatic N) is 1. The van der Waals surface area contributed by atoms with Crippen molar-refractivity contribution in [2.24, 2.45) is 0 Å². The van der Waals surface area contributed by atoms with Gasteiger partial charge in [0, 0.05) is 6.07 Å². The number of carbonyl (C=O) groups excluding carboxylic acids is 1. The standard InChI is InChI=1S/C13H18N2O6/c1-2-13(8-16,9-17)14-12(18)7-21-11-5-3-4-10(6-11)15(19)20/h3-6,16-17H,2,7-9H2,1H3,(H,14,18). The van der Waals surface area contributed by atoms with E-state index >= 15 is 0 Å². The first-order chi connectivity index (χ1) is 9.96. The van der Waals surface area contributed by atoms with E-state index in [1.807, 2.05) is 0 Å². The lowest BCUT2D eigenvalue weighted by molar-refractivity contribution is -0.384. The van der Waals surface area contributed by atoms with Crippen molar-refractivity contribution in [3.05, 3.63) is 34.4 Å². The largest absolute Gasteiger partial charge is 0.484 e. The molecule has 0 aromatic heterocycles. The molecule has 0 fully saturated rings. The smallest absolute Gasteiger partial charge is 0.273 e. The Morgan fingerprint density at radius 1 is 1.43 bits per heavy atom. The number of carbonyl (C=O) groups is 1. The fourth-order valence-corrected chi connectivity index (χ4v) is 1.61. The number of aliphatic hydroxyl groups is 2. The second-order valence-electron chi connectivity index (χ2n) is 4.54. The Hall–Kier alpha value is -2.19. The maximum atomic E-state index is 11.7. The van der Waals surface area contributed by atoms with Crippen molar-refractivity contribution in [2.75, 3.05) is 19.8 Å². The molecule has 1 aromatic carbocycles. The molecule has 0 saturated carbocycles. The van der Waals surface area contributed by atoms with Crippen molar-refractivity contribution in [1.29, 1.82) is 0 Å². The number of non-ortho nitro benzene ring substituents is 1. The second-order valence-corrected chi connectivity index (χ2v) is 4.54. The van der Waals surface area contributed by atoms with Crippen molar-refractivity contribution in [1.82, 2.24) is 5.32 Å². The number of hydrogen-bond acceptors (Lipinski definition) is 6. The van der Waals surface area contributed by atoms with Crippen LogP contribution in [0.1, 0.15) is 13.3 Å². The first-order valence-electron chi connectivity index (χ1n) is 6.36. The van der Waals surface area contributed by atoms with Gasteiger partial charge in [-0.3, -0.25) is 14.9 Å². The number of rotatable bonds is 8. The maximum absolute atomic E-state index is 11.7. The van der Waals surface area contributed by atoms with E-state index < -0.39 is 29.6 Å². The molecule has 0 aliphatic carbocycles. The number of aliphatic hydroxyl groups excluding tert-OH is 2. The summed E-state index contributed by atoms with van der Waals surface area (Å²) in [7, 11) is 0. The van der Waals surface area contributed by atoms with Crippen LogP contribution in [0.25, 0.3) is 0 Å². The van der Waals surface area contributed by atoms with Gasteiger partial charge in [0.25, 0.3) is 11.6 Å². The van der Waals surface area contributed by atoms with Gasteiger partial charge in [-0.05, 0) is 12.5 Å². The van der Waals surface area contributed by atoms with Crippen LogP contribution >= 0.6 is 0 Å². The molecule has 116 valence electrons. The molecule has 0 bridgehead atoms. The minimum absolute atomic E-state index is 0.137. The zero-order valence-corrected chi connectivity index (χ0v) is 11.6. The van der Waals surface area contributed by atoms with E-state index in [0.717, 1.165) is 0 Å². The van der Waals surface area contributed by atoms with Gasteiger partial charge < -0.3 is 20.3 Å². The maximum Gasteiger partial charge on any atom is 0.273 e. The van der Waals surface area contributed by atoms with Crippen molar-refractivity contribution in [2.45, 2.75) is 18.9 Å². The molecule has 3 N–H and O–H groups in total. The topological polar surface area (TPSA) is 122 Å². The normalized spacial score (nSPS) is 11.0. The summed E-state index contributed by atoms with van der Waals surface area (Å²) in [5, 5.41) is 31.5. The number of benzene rings is 1. The second kappa shape index (κ2) is 7.55. The molecule has 0 radical (unpaired) electrons. The number of hydrogen-bond donors (Lipinski definition) is 3. The Labute approximate surface area is 121 Å². The lowest BCUT2D eigenvalue weighted by Gasteiger charge is -2.29. The van der Waals surface area contributed by atoms with E-state index in [-0.39, 0.29) is 18.0 Å². The molecule has 21 heavy (non-hydrogen) atoms. The highest BCUT2D eigenvalue weighted by atomic mass is 16.6. The Kier molecular flexibility index (Phi) is 6.07. The van der Waals surface area contributed by atoms with Gasteiger partial charge in [0.15, 0.2) is 6.61 Å². The van der Waals surface area contributed by atoms with Crippen LogP contribution in [-0.2, 0) is 4.79 Å². The lowest BCUT2D eigenvalue weighted by Crippen LogP contribution is -2.54. The highest BCUT2D eigenvalue weighted by Gasteiger charge is 2.28. The third-order valence-electron chi connectivity index (χ3n) is 3.09. The number of nitro groups is 1. The summed E-state index contributed by atoms with van der Waals surface area (Å²) in [5.41, 5.74) is -1.23. The van der Waals surface area contributed by atoms with E-state index in [1.54, 1.807) is 6.92 Å². The molecule has 0 spiro atoms. The third-order valence-corrected chi connectivity index (χ3v) is 3.09. The predicted molar refractivity (Wildman–Crippen MR) is 73.9 cm³/mol. The molecular weight excluding hydrogens is 280 g/mol. The number of nitro benzene ring substituents is 1. The van der Waals surface area contributed by atoms with Crippen LogP contribution in [-0.4, -0.2) is 46.4 Å². The average molecular weight is 298 g/mol. The highest BCUT2D eigenvalue weighted by molar-refractivity contribution is 5.78. The fourth-order valence-electron chi connectivity index (χ4n) is 1.61. The van der Waals surface area contributed by atoms with Crippen LogP contribution in [0.15, 0.2) is 24.3 Å². The average Bonchev–Trinajstić information content (AvgIpc) is 2.51. The summed E-state index contributed by atoms with van der Waals surface area (Å²) in [5.74, 6) is -0.346. The monoisotopic (exact) mass is 298 g/mol. The first kappa shape index (κ1) is 16.9. The van der Waals surface area contributed by atoms with Crippen LogP contribution in [0.3, 0.4) is 0 Å². The Balaban J connectivity index is 2.61. The van der Waals surface area contributed by atoms with Crippen LogP contribution in [0.2, 0.25) is 0 Å². The van der Waals surface area contributed by atoms with Crippen molar-refractivity contribution < 1.29 is 24.7 Å². The van der Waals surface area contributed by atoms with Gasteiger partial charge in [-0.25, -0.2) is 0 Å². The Bertz CT molecular complexity index is 493. The molecule has 8 heteroatoms. The minimum atomic E-state index is -1.09. The Morgan fingerprint density at radius 3 is 2.62 bits per heavy atom. The van der Waals surface area contributed by atoms with Gasteiger partial charge in [0.1, 0.15) is 5.75 Å². The van der Waals surface area contributed by atoms with Gasteiger partial charge in [-0.1, -0.05) is 13.0 Å². The third kappa shape index (κ3) is 4.69. The lowest BCUT2D eigenvalue weighted by atomic mass is 9.98. The van der Waals surface area contributed by atoms with Gasteiger partial charge in [0.2, 0.25) is 0 Å². The summed E-state index contributed by atoms with van der Waals surface area (Å²) in [6, 6.07) is 5.46. The summed E-state index contributed by atoms with van der Waals surface area (Å²) in [4.78, 5) is 21.8. The number of amides is 1. The van der Waals surface area contributed by atoms with E-state index in [1.165, 1.54) is 24.3 Å². The highest BCUT2D eigenvalue weighted by Crippen LogP contribution is 2.19. The molecule has 1 aromatic rings. The fraction of sp³-hybridized carbons (Fsp3) is 0.462. The molecule has 1 rings (SSSR count). The van der Waals surface area contributed by atoms with Gasteiger partial charge in [-0.2, -0.15) is 0 Å². The molecule has 1 amide bonds. The minimum Gasteiger partial charge on any atom is -0.484 e. The SMILES string of the molecule is CCC(CO)(CO)NC(=O)COc1cccc([N+](=O)[O-])c1. The van der Waals surface area contributed by atoms with E-state index in [0.29, 0.717) is 6.42 Å². The molecule has 0 aliphatic rings. The van der Waals surface area contributed by atoms with Gasteiger partial charge >= 0.3 is 0 Å². The summed E-state index contributed by atoms with van der Waals surface area (Å²) in [6.07, 6.45) is 0.350. The molecule has 0 unspecified atom stereocenters. The van der Waals surface area contributed by atoms with Crippen LogP contribution < -0.4 is 10.1 Å². The summed E-state index contributed by atoms with van der Waals surface area (Å²) < 4.78 is 5.16. The van der Waals surface area contributed by atoms with Crippen molar-refractivity contribution in [3.8, 4) is 5.75 Å². The molecule has 0 saturated heterocycles. The van der Waals surface area contributed by atoms with Crippen LogP contribution in [0, 0.1) is 10.1 Å². The quantitative estimate of drug-likeness (QED) is 0.466. The van der Waals surface area contributed by atoms with Crippen LogP contribution in [0.4, 0.5) is 5.69 Å². The van der Waals surface area contributed by atoms with E-state index in [9.17, 15) is 25.1 Å². The first-order valence-corrected chi connectivity index (χ1v) is 6.36. The number of ether oxygens (including phenoxy) is 1. The van der Waals surface area contributed by atoms with Crippen molar-refractivity contribution in [3.63, 3.8) is 0 Å². The summed E-state index contributed by atoms with van der Waals surface area (Å²) in [6.45, 7) is 0.544. The molecule has 0 atom stereocenters. The zero-order chi connectivity index (χ0) is 15.9. The molecule has 8 nitrogen and oxygen atoms in total. The molecular formula is C13H18N2O6. The van der Waals surface area contributed by atoms with Crippen LogP contribution in [0.5, 0.6) is 5.75 Å². The van der Waals surface area contributed by atoms with Gasteiger partial charge in [-0.15, -0.1) is 0 Å². The molecule has 0 heterocycles. The number of nitrogens with one attached hydrogen (secondary N) is 1. The Morgan fingerprint density at radius 2 is 2.10 bits per heavy atom. The van der Waals surface area contributed by atoms with Gasteiger partial charge in [0.05, 0.1) is 29.7 Å². The van der Waals surface area contributed by atoms with E-state index in [2.05, 4.69) is 5.32 Å².